The predicted molar refractivity (Wildman–Crippen MR) is 62.8 cm³/mol. The van der Waals surface area contributed by atoms with Crippen LogP contribution in [-0.2, 0) is 9.47 Å². The van der Waals surface area contributed by atoms with Crippen molar-refractivity contribution in [1.29, 1.82) is 0 Å². The summed E-state index contributed by atoms with van der Waals surface area (Å²) in [4.78, 5) is 0. The van der Waals surface area contributed by atoms with E-state index in [1.807, 2.05) is 6.08 Å². The lowest BCUT2D eigenvalue weighted by Gasteiger charge is -2.27. The van der Waals surface area contributed by atoms with E-state index in [1.165, 1.54) is 25.7 Å². The molecule has 15 heavy (non-hydrogen) atoms. The third-order valence-corrected chi connectivity index (χ3v) is 2.79. The fourth-order valence-corrected chi connectivity index (χ4v) is 1.89. The number of unbranched alkanes of at least 4 members (excludes halogenated alkanes) is 1. The zero-order valence-electron chi connectivity index (χ0n) is 9.91. The molecule has 88 valence electrons. The van der Waals surface area contributed by atoms with Gasteiger partial charge >= 0.3 is 0 Å². The first-order valence-corrected chi connectivity index (χ1v) is 6.24. The van der Waals surface area contributed by atoms with Gasteiger partial charge in [0.2, 0.25) is 0 Å². The van der Waals surface area contributed by atoms with E-state index in [0.29, 0.717) is 6.10 Å². The third kappa shape index (κ3) is 5.33. The van der Waals surface area contributed by atoms with Crippen molar-refractivity contribution < 1.29 is 9.47 Å². The van der Waals surface area contributed by atoms with Gasteiger partial charge in [0.1, 0.15) is 0 Å². The maximum absolute atomic E-state index is 5.94. The maximum atomic E-state index is 5.94. The van der Waals surface area contributed by atoms with Crippen molar-refractivity contribution in [1.82, 2.24) is 0 Å². The quantitative estimate of drug-likeness (QED) is 0.599. The van der Waals surface area contributed by atoms with Crippen molar-refractivity contribution in [2.75, 3.05) is 6.61 Å². The summed E-state index contributed by atoms with van der Waals surface area (Å²) in [5, 5.41) is 0. The lowest BCUT2D eigenvalue weighted by Crippen LogP contribution is -2.27. The van der Waals surface area contributed by atoms with E-state index in [9.17, 15) is 0 Å². The van der Waals surface area contributed by atoms with Crippen LogP contribution in [-0.4, -0.2) is 19.0 Å². The molecule has 1 heterocycles. The molecule has 0 radical (unpaired) electrons. The average molecular weight is 212 g/mol. The standard InChI is InChI=1S/C13H24O2/c1-3-5-9-12(8-4-2)15-13-10-6-7-11-14-13/h4,12-13H,2-3,5-11H2,1H3. The highest BCUT2D eigenvalue weighted by molar-refractivity contribution is 4.74. The Morgan fingerprint density at radius 2 is 2.40 bits per heavy atom. The molecular weight excluding hydrogens is 188 g/mol. The Labute approximate surface area is 93.7 Å². The SMILES string of the molecule is C=CCC(CCCC)OC1CCCCO1. The Bertz CT molecular complexity index is 162. The molecule has 2 atom stereocenters. The number of rotatable bonds is 7. The van der Waals surface area contributed by atoms with Crippen molar-refractivity contribution >= 4 is 0 Å². The average Bonchev–Trinajstić information content (AvgIpc) is 2.28. The molecule has 1 fully saturated rings. The minimum absolute atomic E-state index is 0.0422. The summed E-state index contributed by atoms with van der Waals surface area (Å²) < 4.78 is 11.5. The van der Waals surface area contributed by atoms with Crippen LogP contribution in [0.25, 0.3) is 0 Å². The highest BCUT2D eigenvalue weighted by Crippen LogP contribution is 2.19. The van der Waals surface area contributed by atoms with Gasteiger partial charge < -0.3 is 9.47 Å². The van der Waals surface area contributed by atoms with Crippen LogP contribution in [0.3, 0.4) is 0 Å². The number of hydrogen-bond donors (Lipinski definition) is 0. The van der Waals surface area contributed by atoms with Crippen LogP contribution in [0.2, 0.25) is 0 Å². The molecule has 0 aliphatic carbocycles. The zero-order chi connectivity index (χ0) is 10.9. The van der Waals surface area contributed by atoms with Gasteiger partial charge in [-0.05, 0) is 32.1 Å². The van der Waals surface area contributed by atoms with Gasteiger partial charge in [0.25, 0.3) is 0 Å². The minimum Gasteiger partial charge on any atom is -0.353 e. The molecule has 0 N–H and O–H groups in total. The van der Waals surface area contributed by atoms with Gasteiger partial charge in [0.05, 0.1) is 6.10 Å². The van der Waals surface area contributed by atoms with Gasteiger partial charge in [-0.3, -0.25) is 0 Å². The molecule has 0 spiro atoms. The minimum atomic E-state index is 0.0422. The lowest BCUT2D eigenvalue weighted by molar-refractivity contribution is -0.188. The van der Waals surface area contributed by atoms with Crippen LogP contribution in [0.4, 0.5) is 0 Å². The van der Waals surface area contributed by atoms with Gasteiger partial charge in [-0.25, -0.2) is 0 Å². The molecule has 2 heteroatoms. The summed E-state index contributed by atoms with van der Waals surface area (Å²) >= 11 is 0. The van der Waals surface area contributed by atoms with E-state index in [1.54, 1.807) is 0 Å². The molecule has 0 aromatic heterocycles. The van der Waals surface area contributed by atoms with Crippen LogP contribution < -0.4 is 0 Å². The first-order valence-electron chi connectivity index (χ1n) is 6.24. The number of hydrogen-bond acceptors (Lipinski definition) is 2. The van der Waals surface area contributed by atoms with Crippen molar-refractivity contribution in [3.8, 4) is 0 Å². The van der Waals surface area contributed by atoms with Gasteiger partial charge in [0.15, 0.2) is 6.29 Å². The molecule has 0 aromatic rings. The number of ether oxygens (including phenoxy) is 2. The fourth-order valence-electron chi connectivity index (χ4n) is 1.89. The second-order valence-corrected chi connectivity index (χ2v) is 4.22. The molecule has 0 saturated carbocycles. The highest BCUT2D eigenvalue weighted by atomic mass is 16.7. The van der Waals surface area contributed by atoms with E-state index in [0.717, 1.165) is 25.9 Å². The summed E-state index contributed by atoms with van der Waals surface area (Å²) in [7, 11) is 0. The molecule has 1 rings (SSSR count). The molecule has 1 aliphatic rings. The van der Waals surface area contributed by atoms with Gasteiger partial charge in [-0.15, -0.1) is 6.58 Å². The Kier molecular flexibility index (Phi) is 6.69. The summed E-state index contributed by atoms with van der Waals surface area (Å²) in [5.41, 5.74) is 0. The monoisotopic (exact) mass is 212 g/mol. The summed E-state index contributed by atoms with van der Waals surface area (Å²) in [5.74, 6) is 0. The Balaban J connectivity index is 2.24. The fraction of sp³-hybridized carbons (Fsp3) is 0.846. The first-order chi connectivity index (χ1) is 7.36. The molecule has 1 aliphatic heterocycles. The van der Waals surface area contributed by atoms with Crippen LogP contribution in [0.15, 0.2) is 12.7 Å². The van der Waals surface area contributed by atoms with E-state index >= 15 is 0 Å². The van der Waals surface area contributed by atoms with Crippen molar-refractivity contribution in [3.63, 3.8) is 0 Å². The molecular formula is C13H24O2. The van der Waals surface area contributed by atoms with Crippen LogP contribution in [0.5, 0.6) is 0 Å². The summed E-state index contributed by atoms with van der Waals surface area (Å²) in [6.07, 6.45) is 10.3. The van der Waals surface area contributed by atoms with Crippen LogP contribution >= 0.6 is 0 Å². The second-order valence-electron chi connectivity index (χ2n) is 4.22. The maximum Gasteiger partial charge on any atom is 0.157 e. The molecule has 2 nitrogen and oxygen atoms in total. The molecule has 0 bridgehead atoms. The van der Waals surface area contributed by atoms with Crippen molar-refractivity contribution in [2.45, 2.75) is 64.3 Å². The topological polar surface area (TPSA) is 18.5 Å². The Morgan fingerprint density at radius 3 is 3.00 bits per heavy atom. The van der Waals surface area contributed by atoms with Crippen LogP contribution in [0, 0.1) is 0 Å². The third-order valence-electron chi connectivity index (χ3n) is 2.79. The van der Waals surface area contributed by atoms with E-state index in [2.05, 4.69) is 13.5 Å². The normalized spacial score (nSPS) is 23.7. The highest BCUT2D eigenvalue weighted by Gasteiger charge is 2.18. The first kappa shape index (κ1) is 12.7. The van der Waals surface area contributed by atoms with Crippen molar-refractivity contribution in [3.05, 3.63) is 12.7 Å². The largest absolute Gasteiger partial charge is 0.353 e. The van der Waals surface area contributed by atoms with Crippen LogP contribution in [0.1, 0.15) is 51.9 Å². The molecule has 0 amide bonds. The smallest absolute Gasteiger partial charge is 0.157 e. The summed E-state index contributed by atoms with van der Waals surface area (Å²) in [6, 6.07) is 0. The van der Waals surface area contributed by atoms with Gasteiger partial charge in [-0.1, -0.05) is 25.8 Å². The van der Waals surface area contributed by atoms with E-state index < -0.39 is 0 Å². The second kappa shape index (κ2) is 7.89. The Hall–Kier alpha value is -0.340. The van der Waals surface area contributed by atoms with E-state index in [-0.39, 0.29) is 6.29 Å². The Morgan fingerprint density at radius 1 is 1.53 bits per heavy atom. The van der Waals surface area contributed by atoms with Gasteiger partial charge in [0, 0.05) is 6.61 Å². The molecule has 2 unspecified atom stereocenters. The zero-order valence-corrected chi connectivity index (χ0v) is 9.91. The van der Waals surface area contributed by atoms with Crippen molar-refractivity contribution in [2.24, 2.45) is 0 Å². The predicted octanol–water partition coefficient (Wildman–Crippen LogP) is 3.66. The molecule has 0 aromatic carbocycles. The molecule has 1 saturated heterocycles. The lowest BCUT2D eigenvalue weighted by atomic mass is 10.1. The van der Waals surface area contributed by atoms with E-state index in [4.69, 9.17) is 9.47 Å². The summed E-state index contributed by atoms with van der Waals surface area (Å²) in [6.45, 7) is 6.85. The van der Waals surface area contributed by atoms with Gasteiger partial charge in [-0.2, -0.15) is 0 Å².